The first-order valence-electron chi connectivity index (χ1n) is 11.8. The summed E-state index contributed by atoms with van der Waals surface area (Å²) in [6, 6.07) is 27.0. The fraction of sp³-hybridized carbons (Fsp3) is 0.207. The zero-order chi connectivity index (χ0) is 23.0. The number of hydrogen-bond donors (Lipinski definition) is 1. The highest BCUT2D eigenvalue weighted by atomic mass is 16.5. The van der Waals surface area contributed by atoms with E-state index in [9.17, 15) is 0 Å². The Labute approximate surface area is 199 Å². The van der Waals surface area contributed by atoms with Gasteiger partial charge in [0.2, 0.25) is 0 Å². The third-order valence-corrected chi connectivity index (χ3v) is 5.98. The minimum atomic E-state index is 0.651. The summed E-state index contributed by atoms with van der Waals surface area (Å²) in [6.45, 7) is 1.51. The second kappa shape index (κ2) is 10.8. The van der Waals surface area contributed by atoms with E-state index in [0.29, 0.717) is 6.61 Å². The van der Waals surface area contributed by atoms with Gasteiger partial charge in [-0.15, -0.1) is 0 Å². The highest BCUT2D eigenvalue weighted by Crippen LogP contribution is 2.24. The Morgan fingerprint density at radius 1 is 0.706 bits per heavy atom. The smallest absolute Gasteiger partial charge is 0.137 e. The van der Waals surface area contributed by atoms with Crippen molar-refractivity contribution >= 4 is 27.6 Å². The summed E-state index contributed by atoms with van der Waals surface area (Å²) >= 11 is 0. The Morgan fingerprint density at radius 3 is 2.53 bits per heavy atom. The molecule has 0 fully saturated rings. The molecule has 0 atom stereocenters. The van der Waals surface area contributed by atoms with Crippen LogP contribution >= 0.6 is 0 Å². The highest BCUT2D eigenvalue weighted by Gasteiger charge is 2.06. The van der Waals surface area contributed by atoms with Gasteiger partial charge >= 0.3 is 0 Å². The predicted molar refractivity (Wildman–Crippen MR) is 138 cm³/mol. The number of nitrogens with zero attached hydrogens (tertiary/aromatic N) is 3. The van der Waals surface area contributed by atoms with E-state index in [1.807, 2.05) is 30.5 Å². The van der Waals surface area contributed by atoms with E-state index in [1.165, 1.54) is 16.5 Å². The molecule has 5 heteroatoms. The normalized spacial score (nSPS) is 11.1. The van der Waals surface area contributed by atoms with Crippen molar-refractivity contribution in [3.63, 3.8) is 0 Å². The number of pyridine rings is 1. The van der Waals surface area contributed by atoms with Crippen LogP contribution in [0.1, 0.15) is 24.0 Å². The molecule has 170 valence electrons. The molecule has 5 rings (SSSR count). The van der Waals surface area contributed by atoms with Crippen LogP contribution in [0.2, 0.25) is 0 Å². The van der Waals surface area contributed by atoms with Crippen LogP contribution in [-0.2, 0) is 12.8 Å². The van der Waals surface area contributed by atoms with Gasteiger partial charge < -0.3 is 10.1 Å². The van der Waals surface area contributed by atoms with E-state index < -0.39 is 0 Å². The first-order valence-corrected chi connectivity index (χ1v) is 11.8. The Kier molecular flexibility index (Phi) is 6.90. The summed E-state index contributed by atoms with van der Waals surface area (Å²) in [6.07, 6.45) is 7.47. The van der Waals surface area contributed by atoms with Gasteiger partial charge in [0.05, 0.1) is 17.6 Å². The summed E-state index contributed by atoms with van der Waals surface area (Å²) in [5.41, 5.74) is 4.59. The average Bonchev–Trinajstić information content (AvgIpc) is 2.89. The van der Waals surface area contributed by atoms with E-state index >= 15 is 0 Å². The number of anilines is 1. The van der Waals surface area contributed by atoms with E-state index in [0.717, 1.165) is 60.2 Å². The van der Waals surface area contributed by atoms with Crippen LogP contribution in [-0.4, -0.2) is 28.1 Å². The number of benzene rings is 3. The molecule has 0 aliphatic rings. The second-order valence-electron chi connectivity index (χ2n) is 8.36. The molecule has 0 aliphatic heterocycles. The molecular weight excluding hydrogens is 420 g/mol. The molecule has 0 spiro atoms. The molecule has 2 aromatic heterocycles. The molecule has 0 amide bonds. The zero-order valence-corrected chi connectivity index (χ0v) is 19.2. The monoisotopic (exact) mass is 448 g/mol. The Hall–Kier alpha value is -3.99. The summed E-state index contributed by atoms with van der Waals surface area (Å²) in [5, 5.41) is 5.70. The van der Waals surface area contributed by atoms with Crippen molar-refractivity contribution in [2.24, 2.45) is 0 Å². The maximum Gasteiger partial charge on any atom is 0.137 e. The van der Waals surface area contributed by atoms with Crippen molar-refractivity contribution in [3.8, 4) is 5.75 Å². The lowest BCUT2D eigenvalue weighted by atomic mass is 10.1. The van der Waals surface area contributed by atoms with Gasteiger partial charge in [0.1, 0.15) is 17.9 Å². The molecule has 5 nitrogen and oxygen atoms in total. The van der Waals surface area contributed by atoms with E-state index in [4.69, 9.17) is 4.74 Å². The fourth-order valence-corrected chi connectivity index (χ4v) is 4.24. The molecule has 5 aromatic rings. The molecule has 2 heterocycles. The van der Waals surface area contributed by atoms with Crippen LogP contribution in [0.25, 0.3) is 21.8 Å². The second-order valence-corrected chi connectivity index (χ2v) is 8.36. The van der Waals surface area contributed by atoms with Crippen LogP contribution in [0.5, 0.6) is 5.75 Å². The maximum atomic E-state index is 6.04. The van der Waals surface area contributed by atoms with Crippen molar-refractivity contribution in [2.45, 2.75) is 25.7 Å². The molecule has 1 N–H and O–H groups in total. The SMILES string of the molecule is c1ccc(CCCNc2ncnc3cc(OCCCc4ccnc5ccccc45)ccc23)cc1. The molecule has 0 radical (unpaired) electrons. The largest absolute Gasteiger partial charge is 0.494 e. The lowest BCUT2D eigenvalue weighted by molar-refractivity contribution is 0.311. The number of fused-ring (bicyclic) bond motifs is 2. The van der Waals surface area contributed by atoms with Gasteiger partial charge in [-0.3, -0.25) is 4.98 Å². The minimum absolute atomic E-state index is 0.651. The average molecular weight is 449 g/mol. The summed E-state index contributed by atoms with van der Waals surface area (Å²) < 4.78 is 6.04. The summed E-state index contributed by atoms with van der Waals surface area (Å²) in [7, 11) is 0. The fourth-order valence-electron chi connectivity index (χ4n) is 4.24. The van der Waals surface area contributed by atoms with Gasteiger partial charge in [-0.2, -0.15) is 0 Å². The molecule has 34 heavy (non-hydrogen) atoms. The van der Waals surface area contributed by atoms with Crippen LogP contribution in [0, 0.1) is 0 Å². The molecule has 3 aromatic carbocycles. The molecule has 0 saturated carbocycles. The Balaban J connectivity index is 1.15. The number of nitrogens with one attached hydrogen (secondary N) is 1. The third kappa shape index (κ3) is 5.31. The van der Waals surface area contributed by atoms with Gasteiger partial charge in [0, 0.05) is 29.6 Å². The molecule has 0 aliphatic carbocycles. The van der Waals surface area contributed by atoms with Crippen LogP contribution in [0.15, 0.2) is 91.4 Å². The van der Waals surface area contributed by atoms with Gasteiger partial charge in [-0.25, -0.2) is 9.97 Å². The maximum absolute atomic E-state index is 6.04. The third-order valence-electron chi connectivity index (χ3n) is 5.98. The summed E-state index contributed by atoms with van der Waals surface area (Å²) in [4.78, 5) is 13.3. The lowest BCUT2D eigenvalue weighted by Gasteiger charge is -2.11. The number of hydrogen-bond acceptors (Lipinski definition) is 5. The van der Waals surface area contributed by atoms with Crippen LogP contribution in [0.4, 0.5) is 5.82 Å². The Morgan fingerprint density at radius 2 is 1.59 bits per heavy atom. The summed E-state index contributed by atoms with van der Waals surface area (Å²) in [5.74, 6) is 1.70. The molecular formula is C29H28N4O. The van der Waals surface area contributed by atoms with Gasteiger partial charge in [-0.05, 0) is 61.1 Å². The Bertz CT molecular complexity index is 1370. The van der Waals surface area contributed by atoms with Crippen LogP contribution < -0.4 is 10.1 Å². The standard InChI is InChI=1S/C29H28N4O/c1-2-8-22(9-3-1)10-6-17-31-29-26-15-14-24(20-28(26)32-21-33-29)34-19-7-11-23-16-18-30-27-13-5-4-12-25(23)27/h1-5,8-9,12-16,18,20-21H,6-7,10-11,17,19H2,(H,31,32,33). The van der Waals surface area contributed by atoms with Crippen molar-refractivity contribution < 1.29 is 4.74 Å². The quantitative estimate of drug-likeness (QED) is 0.257. The lowest BCUT2D eigenvalue weighted by Crippen LogP contribution is -2.05. The zero-order valence-electron chi connectivity index (χ0n) is 19.2. The van der Waals surface area contributed by atoms with Gasteiger partial charge in [-0.1, -0.05) is 48.5 Å². The van der Waals surface area contributed by atoms with E-state index in [-0.39, 0.29) is 0 Å². The first-order chi connectivity index (χ1) is 16.9. The number of aromatic nitrogens is 3. The van der Waals surface area contributed by atoms with Crippen molar-refractivity contribution in [3.05, 3.63) is 103 Å². The van der Waals surface area contributed by atoms with E-state index in [2.05, 4.69) is 74.9 Å². The van der Waals surface area contributed by atoms with Gasteiger partial charge in [0.25, 0.3) is 0 Å². The van der Waals surface area contributed by atoms with E-state index in [1.54, 1.807) is 6.33 Å². The predicted octanol–water partition coefficient (Wildman–Crippen LogP) is 6.23. The topological polar surface area (TPSA) is 59.9 Å². The number of rotatable bonds is 10. The minimum Gasteiger partial charge on any atom is -0.494 e. The van der Waals surface area contributed by atoms with Crippen molar-refractivity contribution in [1.82, 2.24) is 15.0 Å². The highest BCUT2D eigenvalue weighted by molar-refractivity contribution is 5.89. The molecule has 0 unspecified atom stereocenters. The number of para-hydroxylation sites is 1. The van der Waals surface area contributed by atoms with Gasteiger partial charge in [0.15, 0.2) is 0 Å². The number of aryl methyl sites for hydroxylation is 2. The van der Waals surface area contributed by atoms with Crippen molar-refractivity contribution in [2.75, 3.05) is 18.5 Å². The van der Waals surface area contributed by atoms with Crippen LogP contribution in [0.3, 0.4) is 0 Å². The molecule has 0 saturated heterocycles. The number of ether oxygens (including phenoxy) is 1. The molecule has 0 bridgehead atoms. The first kappa shape index (κ1) is 21.8. The van der Waals surface area contributed by atoms with Crippen molar-refractivity contribution in [1.29, 1.82) is 0 Å².